The highest BCUT2D eigenvalue weighted by Crippen LogP contribution is 2.37. The quantitative estimate of drug-likeness (QED) is 0.123. The van der Waals surface area contributed by atoms with Gasteiger partial charge in [-0.25, -0.2) is 0 Å². The number of aromatic nitrogens is 3. The van der Waals surface area contributed by atoms with Crippen molar-refractivity contribution in [2.24, 2.45) is 0 Å². The summed E-state index contributed by atoms with van der Waals surface area (Å²) in [5, 5.41) is 11.6. The molecule has 4 aromatic heterocycles. The van der Waals surface area contributed by atoms with Gasteiger partial charge in [-0.2, -0.15) is 5.26 Å². The molecule has 0 N–H and O–H groups in total. The van der Waals surface area contributed by atoms with Gasteiger partial charge in [0, 0.05) is 51.6 Å². The molecule has 9 aromatic rings. The van der Waals surface area contributed by atoms with E-state index < -0.39 is 0 Å². The average Bonchev–Trinajstić information content (AvgIpc) is 3.68. The zero-order valence-corrected chi connectivity index (χ0v) is 34.4. The first-order chi connectivity index (χ1) is 29.4. The van der Waals surface area contributed by atoms with Gasteiger partial charge in [-0.05, 0) is 140 Å². The predicted molar refractivity (Wildman–Crippen MR) is 244 cm³/mol. The van der Waals surface area contributed by atoms with Crippen molar-refractivity contribution in [1.82, 2.24) is 15.0 Å². The van der Waals surface area contributed by atoms with Gasteiger partial charge in [0.15, 0.2) is 0 Å². The second kappa shape index (κ2) is 17.0. The summed E-state index contributed by atoms with van der Waals surface area (Å²) in [6, 6.07) is 49.0. The molecule has 0 aliphatic rings. The SMILES string of the molecule is Cc1cc(-c2ccccc2)ncc1CCc1cc(CCc2ccc(-c3cccc4c3oc3c(C)c(C#N)ccc34)nc2)cc(CCc2cnc(-c3ccccc3)cc2C)c1. The van der Waals surface area contributed by atoms with Crippen LogP contribution in [0.15, 0.2) is 156 Å². The molecule has 0 aliphatic carbocycles. The smallest absolute Gasteiger partial charge is 0.144 e. The first-order valence-corrected chi connectivity index (χ1v) is 20.8. The number of aryl methyl sites for hydroxylation is 9. The van der Waals surface area contributed by atoms with E-state index in [2.05, 4.69) is 142 Å². The Hall–Kier alpha value is -7.16. The molecule has 0 radical (unpaired) electrons. The van der Waals surface area contributed by atoms with Gasteiger partial charge >= 0.3 is 0 Å². The van der Waals surface area contributed by atoms with Crippen LogP contribution < -0.4 is 0 Å². The Morgan fingerprint density at radius 3 is 1.53 bits per heavy atom. The van der Waals surface area contributed by atoms with Crippen molar-refractivity contribution in [3.63, 3.8) is 0 Å². The predicted octanol–water partition coefficient (Wildman–Crippen LogP) is 12.9. The standard InChI is InChI=1S/C55H46N4O/c1-36-27-52(43-11-6-4-7-12-43)58-34-46(36)22-19-41-29-40(30-42(31-41)20-23-47-35-59-53(28-37(47)2)44-13-8-5-9-14-44)18-17-39-21-26-51(57-33-39)50-16-10-15-48-49-25-24-45(32-56)38(3)54(49)60-55(48)50/h4-16,21,24-31,33-35H,17-20,22-23H2,1-3H3. The van der Waals surface area contributed by atoms with Crippen LogP contribution in [-0.2, 0) is 38.5 Å². The molecule has 0 fully saturated rings. The lowest BCUT2D eigenvalue weighted by molar-refractivity contribution is 0.666. The largest absolute Gasteiger partial charge is 0.455 e. The highest BCUT2D eigenvalue weighted by atomic mass is 16.3. The molecule has 5 heteroatoms. The Labute approximate surface area is 352 Å². The minimum absolute atomic E-state index is 0.630. The Morgan fingerprint density at radius 1 is 0.467 bits per heavy atom. The van der Waals surface area contributed by atoms with Crippen molar-refractivity contribution in [2.75, 3.05) is 0 Å². The fraction of sp³-hybridized carbons (Fsp3) is 0.164. The van der Waals surface area contributed by atoms with Crippen LogP contribution in [0.1, 0.15) is 55.6 Å². The van der Waals surface area contributed by atoms with E-state index >= 15 is 0 Å². The van der Waals surface area contributed by atoms with Crippen molar-refractivity contribution in [3.05, 3.63) is 208 Å². The molecule has 4 heterocycles. The Balaban J connectivity index is 0.942. The number of rotatable bonds is 12. The first-order valence-electron chi connectivity index (χ1n) is 20.8. The monoisotopic (exact) mass is 778 g/mol. The normalized spacial score (nSPS) is 11.3. The Morgan fingerprint density at radius 2 is 1.00 bits per heavy atom. The maximum Gasteiger partial charge on any atom is 0.144 e. The van der Waals surface area contributed by atoms with Crippen LogP contribution in [0.4, 0.5) is 0 Å². The summed E-state index contributed by atoms with van der Waals surface area (Å²) in [4.78, 5) is 14.6. The van der Waals surface area contributed by atoms with Gasteiger partial charge in [0.25, 0.3) is 0 Å². The highest BCUT2D eigenvalue weighted by Gasteiger charge is 2.16. The molecule has 0 atom stereocenters. The number of nitrogens with zero attached hydrogens (tertiary/aromatic N) is 4. The fourth-order valence-electron chi connectivity index (χ4n) is 8.40. The molecule has 60 heavy (non-hydrogen) atoms. The summed E-state index contributed by atoms with van der Waals surface area (Å²) >= 11 is 0. The van der Waals surface area contributed by atoms with Gasteiger partial charge in [-0.15, -0.1) is 0 Å². The molecule has 0 aliphatic heterocycles. The van der Waals surface area contributed by atoms with E-state index in [0.717, 1.165) is 99.8 Å². The lowest BCUT2D eigenvalue weighted by Gasteiger charge is -2.13. The van der Waals surface area contributed by atoms with Crippen molar-refractivity contribution in [1.29, 1.82) is 5.26 Å². The molecule has 0 saturated heterocycles. The number of para-hydroxylation sites is 1. The zero-order valence-electron chi connectivity index (χ0n) is 34.4. The Kier molecular flexibility index (Phi) is 10.9. The van der Waals surface area contributed by atoms with Crippen LogP contribution >= 0.6 is 0 Å². The third kappa shape index (κ3) is 8.10. The molecular formula is C55H46N4O. The van der Waals surface area contributed by atoms with Gasteiger partial charge in [0.2, 0.25) is 0 Å². The van der Waals surface area contributed by atoms with E-state index in [4.69, 9.17) is 19.4 Å². The van der Waals surface area contributed by atoms with Crippen molar-refractivity contribution < 1.29 is 4.42 Å². The minimum atomic E-state index is 0.630. The molecule has 292 valence electrons. The van der Waals surface area contributed by atoms with Crippen molar-refractivity contribution in [3.8, 4) is 39.8 Å². The maximum atomic E-state index is 9.58. The van der Waals surface area contributed by atoms with Gasteiger partial charge in [-0.3, -0.25) is 15.0 Å². The highest BCUT2D eigenvalue weighted by molar-refractivity contribution is 6.10. The lowest BCUT2D eigenvalue weighted by atomic mass is 9.93. The van der Waals surface area contributed by atoms with Gasteiger partial charge < -0.3 is 4.42 Å². The Bertz CT molecular complexity index is 2900. The van der Waals surface area contributed by atoms with Crippen LogP contribution in [-0.4, -0.2) is 15.0 Å². The average molecular weight is 779 g/mol. The number of pyridine rings is 3. The summed E-state index contributed by atoms with van der Waals surface area (Å²) in [5.41, 5.74) is 19.6. The summed E-state index contributed by atoms with van der Waals surface area (Å²) in [6.07, 6.45) is 11.7. The molecule has 5 nitrogen and oxygen atoms in total. The molecule has 0 spiro atoms. The number of nitriles is 1. The second-order valence-electron chi connectivity index (χ2n) is 15.9. The lowest BCUT2D eigenvalue weighted by Crippen LogP contribution is -2.02. The van der Waals surface area contributed by atoms with Gasteiger partial charge in [-0.1, -0.05) is 97.1 Å². The molecule has 0 saturated carbocycles. The van der Waals surface area contributed by atoms with E-state index in [1.807, 2.05) is 37.4 Å². The number of fused-ring (bicyclic) bond motifs is 3. The first kappa shape index (κ1) is 38.4. The summed E-state index contributed by atoms with van der Waals surface area (Å²) in [5.74, 6) is 0. The maximum absolute atomic E-state index is 9.58. The van der Waals surface area contributed by atoms with Crippen LogP contribution in [0.25, 0.3) is 55.7 Å². The van der Waals surface area contributed by atoms with Crippen LogP contribution in [0.2, 0.25) is 0 Å². The number of furan rings is 1. The van der Waals surface area contributed by atoms with Crippen LogP contribution in [0, 0.1) is 32.1 Å². The summed E-state index contributed by atoms with van der Waals surface area (Å²) in [6.45, 7) is 6.35. The van der Waals surface area contributed by atoms with E-state index in [-0.39, 0.29) is 0 Å². The third-order valence-corrected chi connectivity index (χ3v) is 11.9. The topological polar surface area (TPSA) is 75.6 Å². The van der Waals surface area contributed by atoms with E-state index in [1.165, 1.54) is 44.5 Å². The summed E-state index contributed by atoms with van der Waals surface area (Å²) in [7, 11) is 0. The van der Waals surface area contributed by atoms with E-state index in [0.29, 0.717) is 5.56 Å². The van der Waals surface area contributed by atoms with Crippen molar-refractivity contribution in [2.45, 2.75) is 59.3 Å². The molecular weight excluding hydrogens is 733 g/mol. The molecule has 0 bridgehead atoms. The second-order valence-corrected chi connectivity index (χ2v) is 15.9. The van der Waals surface area contributed by atoms with Gasteiger partial charge in [0.1, 0.15) is 11.2 Å². The van der Waals surface area contributed by atoms with Crippen molar-refractivity contribution >= 4 is 21.9 Å². The molecule has 0 amide bonds. The number of benzene rings is 5. The number of hydrogen-bond donors (Lipinski definition) is 0. The van der Waals surface area contributed by atoms with Crippen LogP contribution in [0.5, 0.6) is 0 Å². The third-order valence-electron chi connectivity index (χ3n) is 11.9. The fourth-order valence-corrected chi connectivity index (χ4v) is 8.40. The minimum Gasteiger partial charge on any atom is -0.455 e. The van der Waals surface area contributed by atoms with E-state index in [9.17, 15) is 5.26 Å². The van der Waals surface area contributed by atoms with E-state index in [1.54, 1.807) is 0 Å². The summed E-state index contributed by atoms with van der Waals surface area (Å²) < 4.78 is 6.43. The molecule has 0 unspecified atom stereocenters. The molecule has 9 rings (SSSR count). The zero-order chi connectivity index (χ0) is 41.0. The van der Waals surface area contributed by atoms with Crippen LogP contribution in [0.3, 0.4) is 0 Å². The van der Waals surface area contributed by atoms with Gasteiger partial charge in [0.05, 0.1) is 28.7 Å². The number of hydrogen-bond acceptors (Lipinski definition) is 5. The molecule has 5 aromatic carbocycles.